The van der Waals surface area contributed by atoms with Crippen LogP contribution in [0.3, 0.4) is 0 Å². The van der Waals surface area contributed by atoms with Crippen LogP contribution >= 0.6 is 7.60 Å². The Labute approximate surface area is 233 Å². The molecule has 0 aliphatic heterocycles. The van der Waals surface area contributed by atoms with Crippen molar-refractivity contribution < 1.29 is 27.1 Å². The first kappa shape index (κ1) is 35.3. The van der Waals surface area contributed by atoms with Gasteiger partial charge in [-0.3, -0.25) is 4.57 Å². The van der Waals surface area contributed by atoms with Gasteiger partial charge < -0.3 is 14.2 Å². The van der Waals surface area contributed by atoms with Crippen LogP contribution in [-0.4, -0.2) is 44.5 Å². The molecule has 38 heavy (non-hydrogen) atoms. The van der Waals surface area contributed by atoms with Gasteiger partial charge in [-0.05, 0) is 18.4 Å². The van der Waals surface area contributed by atoms with Crippen LogP contribution in [0.15, 0.2) is 30.3 Å². The molecule has 2 unspecified atom stereocenters. The summed E-state index contributed by atoms with van der Waals surface area (Å²) < 4.78 is 51.7. The zero-order chi connectivity index (χ0) is 28.0. The van der Waals surface area contributed by atoms with Gasteiger partial charge in [0.25, 0.3) is 0 Å². The molecule has 0 radical (unpaired) electrons. The van der Waals surface area contributed by atoms with Crippen molar-refractivity contribution in [2.24, 2.45) is 0 Å². The zero-order valence-corrected chi connectivity index (χ0v) is 25.7. The van der Waals surface area contributed by atoms with E-state index in [4.69, 9.17) is 9.26 Å². The number of hydrogen-bond donors (Lipinski definition) is 2. The summed E-state index contributed by atoms with van der Waals surface area (Å²) >= 11 is 0. The second-order valence-electron chi connectivity index (χ2n) is 10.4. The number of unbranched alkanes of at least 4 members (excludes halogenated alkanes) is 12. The Kier molecular flexibility index (Phi) is 20.4. The number of sulfonamides is 1. The maximum atomic E-state index is 12.7. The summed E-state index contributed by atoms with van der Waals surface area (Å²) in [4.78, 5) is 10.3. The fraction of sp³-hybridized carbons (Fsp3) is 0.793. The molecule has 0 aliphatic carbocycles. The zero-order valence-electron chi connectivity index (χ0n) is 24.0. The van der Waals surface area contributed by atoms with Crippen molar-refractivity contribution in [3.63, 3.8) is 0 Å². The van der Waals surface area contributed by atoms with E-state index in [1.54, 1.807) is 0 Å². The Hall–Kier alpha value is -0.760. The van der Waals surface area contributed by atoms with E-state index >= 15 is 0 Å². The maximum Gasteiger partial charge on any atom is 0.330 e. The van der Waals surface area contributed by atoms with Crippen LogP contribution in [0.2, 0.25) is 0 Å². The van der Waals surface area contributed by atoms with E-state index < -0.39 is 23.7 Å². The minimum absolute atomic E-state index is 0.0824. The van der Waals surface area contributed by atoms with Crippen molar-refractivity contribution in [3.05, 3.63) is 35.9 Å². The van der Waals surface area contributed by atoms with Crippen molar-refractivity contribution in [1.29, 1.82) is 0 Å². The van der Waals surface area contributed by atoms with Crippen LogP contribution < -0.4 is 4.72 Å². The molecule has 2 atom stereocenters. The first-order valence-corrected chi connectivity index (χ1v) is 18.3. The summed E-state index contributed by atoms with van der Waals surface area (Å²) in [5.41, 5.74) is 0.992. The second-order valence-corrected chi connectivity index (χ2v) is 14.2. The van der Waals surface area contributed by atoms with E-state index in [-0.39, 0.29) is 25.1 Å². The predicted octanol–water partition coefficient (Wildman–Crippen LogP) is 7.58. The van der Waals surface area contributed by atoms with Crippen molar-refractivity contribution >= 4 is 17.6 Å². The number of ether oxygens (including phenoxy) is 1. The predicted molar refractivity (Wildman–Crippen MR) is 158 cm³/mol. The standard InChI is InChI=1S/C29H54NO6PS/c1-3-5-7-9-11-12-14-19-25-38(33,34)30-29(22-18-13-10-8-6-4-2)27-36-37(31,32)24-23-35-26-28-20-16-15-17-21-28/h15-17,20-21,29-30H,3-14,18-19,22-27H2,1-2H3,(H,31,32). The Morgan fingerprint density at radius 1 is 0.842 bits per heavy atom. The van der Waals surface area contributed by atoms with Gasteiger partial charge in [0.1, 0.15) is 0 Å². The van der Waals surface area contributed by atoms with E-state index in [9.17, 15) is 17.9 Å². The average Bonchev–Trinajstić information content (AvgIpc) is 2.89. The molecular weight excluding hydrogens is 521 g/mol. The van der Waals surface area contributed by atoms with Gasteiger partial charge in [-0.1, -0.05) is 128 Å². The Balaban J connectivity index is 2.45. The summed E-state index contributed by atoms with van der Waals surface area (Å²) in [6.45, 7) is 4.71. The average molecular weight is 576 g/mol. The first-order chi connectivity index (χ1) is 18.3. The molecule has 0 saturated heterocycles. The van der Waals surface area contributed by atoms with E-state index in [0.717, 1.165) is 44.1 Å². The van der Waals surface area contributed by atoms with Crippen molar-refractivity contribution in [2.45, 2.75) is 123 Å². The molecule has 0 saturated carbocycles. The molecule has 7 nitrogen and oxygen atoms in total. The van der Waals surface area contributed by atoms with Gasteiger partial charge in [-0.15, -0.1) is 0 Å². The lowest BCUT2D eigenvalue weighted by atomic mass is 10.1. The number of rotatable bonds is 26. The highest BCUT2D eigenvalue weighted by Crippen LogP contribution is 2.41. The highest BCUT2D eigenvalue weighted by molar-refractivity contribution is 7.89. The minimum Gasteiger partial charge on any atom is -0.376 e. The van der Waals surface area contributed by atoms with Gasteiger partial charge in [0, 0.05) is 6.04 Å². The van der Waals surface area contributed by atoms with Crippen molar-refractivity contribution in [2.75, 3.05) is 25.1 Å². The van der Waals surface area contributed by atoms with Gasteiger partial charge in [0.05, 0.1) is 31.7 Å². The third-order valence-corrected chi connectivity index (χ3v) is 9.45. The summed E-state index contributed by atoms with van der Waals surface area (Å²) in [5.74, 6) is 0.0824. The molecule has 1 rings (SSSR count). The Bertz CT molecular complexity index is 837. The minimum atomic E-state index is -3.89. The van der Waals surface area contributed by atoms with E-state index in [0.29, 0.717) is 19.4 Å². The van der Waals surface area contributed by atoms with Crippen molar-refractivity contribution in [3.8, 4) is 0 Å². The first-order valence-electron chi connectivity index (χ1n) is 14.9. The van der Waals surface area contributed by atoms with Gasteiger partial charge in [-0.25, -0.2) is 13.1 Å². The molecule has 1 aromatic rings. The molecule has 2 N–H and O–H groups in total. The van der Waals surface area contributed by atoms with Crippen LogP contribution in [0.4, 0.5) is 0 Å². The van der Waals surface area contributed by atoms with Crippen molar-refractivity contribution in [1.82, 2.24) is 4.72 Å². The highest BCUT2D eigenvalue weighted by Gasteiger charge is 2.24. The third-order valence-electron chi connectivity index (χ3n) is 6.63. The summed E-state index contributed by atoms with van der Waals surface area (Å²) in [7, 11) is -7.37. The Morgan fingerprint density at radius 2 is 1.39 bits per heavy atom. The highest BCUT2D eigenvalue weighted by atomic mass is 32.2. The summed E-state index contributed by atoms with van der Waals surface area (Å²) in [6, 6.07) is 9.11. The van der Waals surface area contributed by atoms with Crippen LogP contribution in [0.1, 0.15) is 116 Å². The number of hydrogen-bond acceptors (Lipinski definition) is 5. The molecule has 0 fully saturated rings. The molecule has 0 aromatic heterocycles. The molecule has 1 aromatic carbocycles. The lowest BCUT2D eigenvalue weighted by Gasteiger charge is -2.21. The molecule has 0 amide bonds. The quantitative estimate of drug-likeness (QED) is 0.0872. The number of benzene rings is 1. The van der Waals surface area contributed by atoms with Crippen LogP contribution in [0.25, 0.3) is 0 Å². The summed E-state index contributed by atoms with van der Waals surface area (Å²) in [5, 5.41) is 0. The third kappa shape index (κ3) is 20.2. The molecule has 222 valence electrons. The molecular formula is C29H54NO6PS. The van der Waals surface area contributed by atoms with Gasteiger partial charge >= 0.3 is 7.60 Å². The van der Waals surface area contributed by atoms with Gasteiger partial charge in [0.2, 0.25) is 10.0 Å². The van der Waals surface area contributed by atoms with Gasteiger partial charge in [-0.2, -0.15) is 0 Å². The lowest BCUT2D eigenvalue weighted by molar-refractivity contribution is 0.129. The second kappa shape index (κ2) is 22.0. The molecule has 9 heteroatoms. The largest absolute Gasteiger partial charge is 0.376 e. The number of nitrogens with one attached hydrogen (secondary N) is 1. The van der Waals surface area contributed by atoms with Crippen LogP contribution in [0.5, 0.6) is 0 Å². The van der Waals surface area contributed by atoms with E-state index in [2.05, 4.69) is 18.6 Å². The topological polar surface area (TPSA) is 102 Å². The monoisotopic (exact) mass is 575 g/mol. The lowest BCUT2D eigenvalue weighted by Crippen LogP contribution is -2.39. The molecule has 0 spiro atoms. The van der Waals surface area contributed by atoms with E-state index in [1.807, 2.05) is 30.3 Å². The fourth-order valence-electron chi connectivity index (χ4n) is 4.30. The smallest absolute Gasteiger partial charge is 0.330 e. The SMILES string of the molecule is CCCCCCCCCCS(=O)(=O)NC(CCCCCCCC)COP(=O)(O)CCOCc1ccccc1. The molecule has 0 heterocycles. The Morgan fingerprint density at radius 3 is 2.00 bits per heavy atom. The summed E-state index contributed by atoms with van der Waals surface area (Å²) in [6.07, 6.45) is 15.7. The fourth-order valence-corrected chi connectivity index (χ4v) is 6.60. The normalized spacial score (nSPS) is 14.4. The molecule has 0 bridgehead atoms. The van der Waals surface area contributed by atoms with Crippen LogP contribution in [-0.2, 0) is 30.5 Å². The van der Waals surface area contributed by atoms with Crippen LogP contribution in [0, 0.1) is 0 Å². The molecule has 0 aliphatic rings. The van der Waals surface area contributed by atoms with Gasteiger partial charge in [0.15, 0.2) is 0 Å². The van der Waals surface area contributed by atoms with E-state index in [1.165, 1.54) is 44.9 Å². The maximum absolute atomic E-state index is 12.7.